The van der Waals surface area contributed by atoms with E-state index in [1.807, 2.05) is 0 Å². The second kappa shape index (κ2) is 27.5. The van der Waals surface area contributed by atoms with E-state index >= 15 is 0 Å². The van der Waals surface area contributed by atoms with Gasteiger partial charge in [-0.1, -0.05) is 0 Å². The molecule has 0 aromatic rings. The van der Waals surface area contributed by atoms with Crippen LogP contribution in [0.15, 0.2) is 0 Å². The van der Waals surface area contributed by atoms with Crippen molar-refractivity contribution in [2.24, 2.45) is 0 Å². The monoisotopic (exact) mass is 632 g/mol. The Morgan fingerprint density at radius 2 is 0.424 bits per heavy atom. The second-order valence-electron chi connectivity index (χ2n) is 11.6. The minimum atomic E-state index is -2.12. The van der Waals surface area contributed by atoms with Crippen molar-refractivity contribution >= 4 is 0 Å². The number of hydrogen-bond acceptors (Lipinski definition) is 0. The van der Waals surface area contributed by atoms with Crippen LogP contribution in [0.5, 0.6) is 0 Å². The maximum absolute atomic E-state index is 2.35. The average Bonchev–Trinajstić information content (AvgIpc) is 2.83. The minimum absolute atomic E-state index is 1.39. The molecule has 0 N–H and O–H groups in total. The standard InChI is InChI=1S/4C8H17.Hf/c4*1-3-5-7-8-6-4-2;/h4*1,3-8H2,2H3;. The van der Waals surface area contributed by atoms with Gasteiger partial charge in [0.15, 0.2) is 0 Å². The molecule has 0 unspecified atom stereocenters. The Bertz CT molecular complexity index is 281. The molecule has 0 aromatic carbocycles. The first-order valence-electron chi connectivity index (χ1n) is 16.2. The summed E-state index contributed by atoms with van der Waals surface area (Å²) in [7, 11) is 0. The Hall–Kier alpha value is 0.870. The van der Waals surface area contributed by atoms with Gasteiger partial charge in [0.1, 0.15) is 0 Å². The Morgan fingerprint density at radius 1 is 0.242 bits per heavy atom. The van der Waals surface area contributed by atoms with Crippen LogP contribution in [-0.2, 0) is 20.0 Å². The molecule has 0 aliphatic rings. The van der Waals surface area contributed by atoms with Gasteiger partial charge in [-0.25, -0.2) is 0 Å². The molecule has 0 radical (unpaired) electrons. The Balaban J connectivity index is 4.74. The molecule has 1 heteroatoms. The van der Waals surface area contributed by atoms with Crippen LogP contribution in [0.1, 0.15) is 182 Å². The van der Waals surface area contributed by atoms with Crippen LogP contribution in [0.4, 0.5) is 0 Å². The second-order valence-corrected chi connectivity index (χ2v) is 29.5. The SMILES string of the molecule is CCCCCCC[CH2][Hf]([CH2]CCCCCCC)([CH2]CCCCCCC)[CH2]CCCCCCC. The molecule has 0 saturated heterocycles. The van der Waals surface area contributed by atoms with Gasteiger partial charge < -0.3 is 0 Å². The van der Waals surface area contributed by atoms with E-state index < -0.39 is 20.0 Å². The summed E-state index contributed by atoms with van der Waals surface area (Å²) in [4.78, 5) is 0. The van der Waals surface area contributed by atoms with Gasteiger partial charge in [0.25, 0.3) is 0 Å². The quantitative estimate of drug-likeness (QED) is 0.0596. The van der Waals surface area contributed by atoms with Crippen molar-refractivity contribution in [2.45, 2.75) is 199 Å². The van der Waals surface area contributed by atoms with E-state index in [9.17, 15) is 0 Å². The van der Waals surface area contributed by atoms with Crippen LogP contribution < -0.4 is 0 Å². The van der Waals surface area contributed by atoms with Gasteiger partial charge in [0, 0.05) is 0 Å². The summed E-state index contributed by atoms with van der Waals surface area (Å²) in [6.45, 7) is 9.40. The van der Waals surface area contributed by atoms with Crippen LogP contribution in [0.25, 0.3) is 0 Å². The maximum atomic E-state index is 2.35. The van der Waals surface area contributed by atoms with Crippen molar-refractivity contribution in [2.75, 3.05) is 0 Å². The van der Waals surface area contributed by atoms with Gasteiger partial charge in [-0.05, 0) is 0 Å². The molecule has 0 bridgehead atoms. The fourth-order valence-corrected chi connectivity index (χ4v) is 25.6. The number of hydrogen-bond donors (Lipinski definition) is 0. The predicted molar refractivity (Wildman–Crippen MR) is 153 cm³/mol. The van der Waals surface area contributed by atoms with E-state index in [0.717, 1.165) is 0 Å². The van der Waals surface area contributed by atoms with Crippen LogP contribution in [0, 0.1) is 0 Å². The molecule has 33 heavy (non-hydrogen) atoms. The molecule has 200 valence electrons. The van der Waals surface area contributed by atoms with Crippen LogP contribution >= 0.6 is 0 Å². The van der Waals surface area contributed by atoms with Gasteiger partial charge in [-0.3, -0.25) is 0 Å². The summed E-state index contributed by atoms with van der Waals surface area (Å²) in [5, 5.41) is 0. The molecule has 0 saturated carbocycles. The fraction of sp³-hybridized carbons (Fsp3) is 1.00. The molecule has 0 amide bonds. The summed E-state index contributed by atoms with van der Waals surface area (Å²) in [5.41, 5.74) is 0. The molecule has 0 fully saturated rings. The van der Waals surface area contributed by atoms with Crippen molar-refractivity contribution in [1.82, 2.24) is 0 Å². The van der Waals surface area contributed by atoms with Gasteiger partial charge >= 0.3 is 218 Å². The van der Waals surface area contributed by atoms with Crippen molar-refractivity contribution in [3.8, 4) is 0 Å². The van der Waals surface area contributed by atoms with E-state index in [-0.39, 0.29) is 0 Å². The van der Waals surface area contributed by atoms with Gasteiger partial charge in [-0.15, -0.1) is 0 Å². The number of rotatable bonds is 28. The van der Waals surface area contributed by atoms with E-state index in [0.29, 0.717) is 0 Å². The van der Waals surface area contributed by atoms with Gasteiger partial charge in [-0.2, -0.15) is 0 Å². The molecular weight excluding hydrogens is 563 g/mol. The van der Waals surface area contributed by atoms with E-state index in [1.165, 1.54) is 103 Å². The first kappa shape index (κ1) is 33.9. The van der Waals surface area contributed by atoms with Crippen molar-refractivity contribution < 1.29 is 20.0 Å². The van der Waals surface area contributed by atoms with Crippen LogP contribution in [0.2, 0.25) is 16.7 Å². The van der Waals surface area contributed by atoms with Gasteiger partial charge in [0.2, 0.25) is 0 Å². The predicted octanol–water partition coefficient (Wildman–Crippen LogP) is 13.3. The topological polar surface area (TPSA) is 0 Å². The zero-order valence-corrected chi connectivity index (χ0v) is 27.9. The molecule has 0 aliphatic carbocycles. The Morgan fingerprint density at radius 3 is 0.636 bits per heavy atom. The summed E-state index contributed by atoms with van der Waals surface area (Å²) >= 11 is -2.12. The summed E-state index contributed by atoms with van der Waals surface area (Å²) in [6.07, 6.45) is 36.0. The van der Waals surface area contributed by atoms with Crippen molar-refractivity contribution in [3.05, 3.63) is 0 Å². The molecule has 0 spiro atoms. The third-order valence-corrected chi connectivity index (χ3v) is 28.6. The Labute approximate surface area is 217 Å². The van der Waals surface area contributed by atoms with E-state index in [2.05, 4.69) is 27.7 Å². The summed E-state index contributed by atoms with van der Waals surface area (Å²) < 4.78 is 7.05. The number of unbranched alkanes of at least 4 members (excludes halogenated alkanes) is 20. The van der Waals surface area contributed by atoms with Crippen LogP contribution in [-0.4, -0.2) is 0 Å². The third kappa shape index (κ3) is 23.0. The van der Waals surface area contributed by atoms with Gasteiger partial charge in [0.05, 0.1) is 0 Å². The molecule has 0 rings (SSSR count). The first-order valence-corrected chi connectivity index (χ1v) is 26.4. The van der Waals surface area contributed by atoms with E-state index in [1.54, 1.807) is 68.1 Å². The fourth-order valence-electron chi connectivity index (χ4n) is 5.87. The third-order valence-electron chi connectivity index (χ3n) is 8.24. The van der Waals surface area contributed by atoms with Crippen molar-refractivity contribution in [3.63, 3.8) is 0 Å². The van der Waals surface area contributed by atoms with E-state index in [4.69, 9.17) is 0 Å². The molecule has 0 aromatic heterocycles. The summed E-state index contributed by atoms with van der Waals surface area (Å²) in [6, 6.07) is 0. The first-order chi connectivity index (χ1) is 16.2. The molecule has 0 heterocycles. The summed E-state index contributed by atoms with van der Waals surface area (Å²) in [5.74, 6) is 0. The molecular formula is C32H68Hf. The molecule has 0 atom stereocenters. The van der Waals surface area contributed by atoms with Crippen LogP contribution in [0.3, 0.4) is 0 Å². The van der Waals surface area contributed by atoms with Crippen molar-refractivity contribution in [1.29, 1.82) is 0 Å². The molecule has 0 nitrogen and oxygen atoms in total. The zero-order valence-electron chi connectivity index (χ0n) is 24.3. The Kier molecular flexibility index (Phi) is 28.2. The zero-order chi connectivity index (χ0) is 24.3. The normalized spacial score (nSPS) is 12.0. The average molecular weight is 631 g/mol. The molecule has 0 aliphatic heterocycles.